The molecule has 0 aromatic carbocycles. The van der Waals surface area contributed by atoms with Crippen LogP contribution in [0.5, 0.6) is 0 Å². The molecule has 0 radical (unpaired) electrons. The van der Waals surface area contributed by atoms with Gasteiger partial charge in [-0.1, -0.05) is 0 Å². The summed E-state index contributed by atoms with van der Waals surface area (Å²) in [5.41, 5.74) is 5.44. The fourth-order valence-electron chi connectivity index (χ4n) is 1.36. The van der Waals surface area contributed by atoms with Crippen molar-refractivity contribution in [3.63, 3.8) is 0 Å². The monoisotopic (exact) mass is 206 g/mol. The number of rotatable bonds is 0. The van der Waals surface area contributed by atoms with E-state index in [1.807, 2.05) is 0 Å². The van der Waals surface area contributed by atoms with Crippen LogP contribution in [0, 0.1) is 0 Å². The molecular formula is C7H14N2O5. The molecule has 1 fully saturated rings. The fourth-order valence-corrected chi connectivity index (χ4v) is 1.36. The Morgan fingerprint density at radius 3 is 2.50 bits per heavy atom. The number of ether oxygens (including phenoxy) is 1. The van der Waals surface area contributed by atoms with E-state index >= 15 is 0 Å². The van der Waals surface area contributed by atoms with E-state index in [1.165, 1.54) is 0 Å². The van der Waals surface area contributed by atoms with Crippen LogP contribution in [0.15, 0.2) is 0 Å². The highest BCUT2D eigenvalue weighted by Crippen LogP contribution is 2.16. The molecular weight excluding hydrogens is 192 g/mol. The lowest BCUT2D eigenvalue weighted by Gasteiger charge is -2.40. The number of piperidine rings is 1. The molecule has 7 heteroatoms. The molecule has 0 aromatic heterocycles. The number of nitrogens with zero attached hydrogens (tertiary/aromatic N) is 1. The molecule has 1 amide bonds. The Morgan fingerprint density at radius 1 is 1.43 bits per heavy atom. The van der Waals surface area contributed by atoms with Gasteiger partial charge in [-0.15, -0.1) is 0 Å². The summed E-state index contributed by atoms with van der Waals surface area (Å²) in [5.74, 6) is 0. The van der Waals surface area contributed by atoms with Gasteiger partial charge >= 0.3 is 6.09 Å². The van der Waals surface area contributed by atoms with Crippen LogP contribution in [0.25, 0.3) is 0 Å². The number of methoxy groups -OCH3 is 1. The average molecular weight is 206 g/mol. The first-order chi connectivity index (χ1) is 6.49. The van der Waals surface area contributed by atoms with Gasteiger partial charge in [0.05, 0.1) is 13.2 Å². The quantitative estimate of drug-likeness (QED) is 0.346. The van der Waals surface area contributed by atoms with Crippen molar-refractivity contribution in [3.8, 4) is 0 Å². The first-order valence-corrected chi connectivity index (χ1v) is 4.13. The van der Waals surface area contributed by atoms with Gasteiger partial charge in [-0.3, -0.25) is 4.90 Å². The third-order valence-electron chi connectivity index (χ3n) is 2.23. The molecule has 1 heterocycles. The maximum absolute atomic E-state index is 11.1. The summed E-state index contributed by atoms with van der Waals surface area (Å²) in [6, 6.07) is -0.799. The summed E-state index contributed by atoms with van der Waals surface area (Å²) >= 11 is 0. The number of carbonyl (C=O) groups is 1. The minimum Gasteiger partial charge on any atom is -0.453 e. The Morgan fingerprint density at radius 2 is 2.00 bits per heavy atom. The molecule has 1 saturated heterocycles. The van der Waals surface area contributed by atoms with Gasteiger partial charge in [-0.2, -0.15) is 0 Å². The molecule has 7 nitrogen and oxygen atoms in total. The number of hydrogen-bond donors (Lipinski definition) is 4. The van der Waals surface area contributed by atoms with Crippen molar-refractivity contribution in [1.82, 2.24) is 4.90 Å². The van der Waals surface area contributed by atoms with Crippen molar-refractivity contribution < 1.29 is 24.9 Å². The SMILES string of the molecule is COC(=O)N1C[C@@H](N)[C@H](O)[C@H](O)[C@H]1O. The summed E-state index contributed by atoms with van der Waals surface area (Å²) in [6.07, 6.45) is -5.00. The molecule has 0 spiro atoms. The second-order valence-corrected chi connectivity index (χ2v) is 3.18. The second-order valence-electron chi connectivity index (χ2n) is 3.18. The van der Waals surface area contributed by atoms with Crippen LogP contribution < -0.4 is 5.73 Å². The highest BCUT2D eigenvalue weighted by molar-refractivity contribution is 5.68. The smallest absolute Gasteiger partial charge is 0.411 e. The maximum atomic E-state index is 11.1. The van der Waals surface area contributed by atoms with Crippen molar-refractivity contribution >= 4 is 6.09 Å². The zero-order valence-corrected chi connectivity index (χ0v) is 7.70. The molecule has 1 aliphatic rings. The van der Waals surface area contributed by atoms with E-state index < -0.39 is 30.6 Å². The van der Waals surface area contributed by atoms with Gasteiger partial charge in [0.25, 0.3) is 0 Å². The lowest BCUT2D eigenvalue weighted by atomic mass is 9.99. The van der Waals surface area contributed by atoms with Gasteiger partial charge in [0.2, 0.25) is 0 Å². The van der Waals surface area contributed by atoms with Crippen molar-refractivity contribution in [3.05, 3.63) is 0 Å². The highest BCUT2D eigenvalue weighted by Gasteiger charge is 2.42. The Kier molecular flexibility index (Phi) is 3.27. The average Bonchev–Trinajstić information content (AvgIpc) is 2.19. The Hall–Kier alpha value is -0.890. The molecule has 4 atom stereocenters. The van der Waals surface area contributed by atoms with E-state index in [1.54, 1.807) is 0 Å². The van der Waals surface area contributed by atoms with Crippen molar-refractivity contribution in [2.45, 2.75) is 24.5 Å². The summed E-state index contributed by atoms with van der Waals surface area (Å²) in [6.45, 7) is -0.0634. The van der Waals surface area contributed by atoms with Crippen molar-refractivity contribution in [2.24, 2.45) is 5.73 Å². The predicted molar refractivity (Wildman–Crippen MR) is 45.1 cm³/mol. The van der Waals surface area contributed by atoms with Crippen molar-refractivity contribution in [1.29, 1.82) is 0 Å². The maximum Gasteiger partial charge on any atom is 0.411 e. The van der Waals surface area contributed by atoms with Crippen LogP contribution in [0.2, 0.25) is 0 Å². The molecule has 82 valence electrons. The normalized spacial score (nSPS) is 38.2. The number of aliphatic hydroxyl groups is 3. The minimum absolute atomic E-state index is 0.0634. The minimum atomic E-state index is -1.49. The second kappa shape index (κ2) is 4.09. The number of hydrogen-bond acceptors (Lipinski definition) is 6. The fraction of sp³-hybridized carbons (Fsp3) is 0.857. The Labute approximate surface area is 80.7 Å². The summed E-state index contributed by atoms with van der Waals surface area (Å²) in [7, 11) is 1.15. The predicted octanol–water partition coefficient (Wildman–Crippen LogP) is -2.56. The number of nitrogens with two attached hydrogens (primary N) is 1. The van der Waals surface area contributed by atoms with Gasteiger partial charge in [0, 0.05) is 6.54 Å². The molecule has 0 saturated carbocycles. The largest absolute Gasteiger partial charge is 0.453 e. The van der Waals surface area contributed by atoms with Crippen LogP contribution in [0.3, 0.4) is 0 Å². The van der Waals surface area contributed by atoms with E-state index in [0.717, 1.165) is 12.0 Å². The lowest BCUT2D eigenvalue weighted by Crippen LogP contribution is -2.65. The summed E-state index contributed by atoms with van der Waals surface area (Å²) in [4.78, 5) is 11.9. The van der Waals surface area contributed by atoms with Gasteiger partial charge < -0.3 is 25.8 Å². The zero-order chi connectivity index (χ0) is 10.9. The van der Waals surface area contributed by atoms with E-state index in [9.17, 15) is 20.1 Å². The standard InChI is InChI=1S/C7H14N2O5/c1-14-7(13)9-2-3(8)4(10)5(11)6(9)12/h3-6,10-12H,2,8H2,1H3/t3-,4+,5+,6-/m1/s1. The van der Waals surface area contributed by atoms with Gasteiger partial charge in [-0.25, -0.2) is 4.79 Å². The first-order valence-electron chi connectivity index (χ1n) is 4.13. The molecule has 1 rings (SSSR count). The third kappa shape index (κ3) is 1.80. The molecule has 0 bridgehead atoms. The van der Waals surface area contributed by atoms with E-state index in [-0.39, 0.29) is 6.54 Å². The van der Waals surface area contributed by atoms with Crippen LogP contribution in [-0.4, -0.2) is 64.4 Å². The Balaban J connectivity index is 2.75. The van der Waals surface area contributed by atoms with E-state index in [2.05, 4.69) is 4.74 Å². The topological polar surface area (TPSA) is 116 Å². The number of carbonyl (C=O) groups excluding carboxylic acids is 1. The molecule has 5 N–H and O–H groups in total. The molecule has 14 heavy (non-hydrogen) atoms. The van der Waals surface area contributed by atoms with Crippen LogP contribution >= 0.6 is 0 Å². The van der Waals surface area contributed by atoms with Crippen LogP contribution in [-0.2, 0) is 4.74 Å². The van der Waals surface area contributed by atoms with E-state index in [0.29, 0.717) is 0 Å². The van der Waals surface area contributed by atoms with Crippen LogP contribution in [0.4, 0.5) is 4.79 Å². The molecule has 1 aliphatic heterocycles. The summed E-state index contributed by atoms with van der Waals surface area (Å²) < 4.78 is 4.37. The van der Waals surface area contributed by atoms with Crippen LogP contribution in [0.1, 0.15) is 0 Å². The number of likely N-dealkylation sites (tertiary alicyclic amines) is 1. The highest BCUT2D eigenvalue weighted by atomic mass is 16.5. The first kappa shape index (κ1) is 11.2. The van der Waals surface area contributed by atoms with Gasteiger partial charge in [0.1, 0.15) is 12.2 Å². The lowest BCUT2D eigenvalue weighted by molar-refractivity contribution is -0.151. The Bertz CT molecular complexity index is 224. The summed E-state index contributed by atoms with van der Waals surface area (Å²) in [5, 5.41) is 28.0. The third-order valence-corrected chi connectivity index (χ3v) is 2.23. The van der Waals surface area contributed by atoms with E-state index in [4.69, 9.17) is 5.73 Å². The molecule has 0 unspecified atom stereocenters. The zero-order valence-electron chi connectivity index (χ0n) is 7.70. The van der Waals surface area contributed by atoms with Gasteiger partial charge in [0.15, 0.2) is 6.23 Å². The molecule has 0 aliphatic carbocycles. The molecule has 0 aromatic rings. The van der Waals surface area contributed by atoms with Crippen molar-refractivity contribution in [2.75, 3.05) is 13.7 Å². The van der Waals surface area contributed by atoms with Gasteiger partial charge in [-0.05, 0) is 0 Å². The number of aliphatic hydroxyl groups excluding tert-OH is 3. The number of amides is 1.